The maximum Gasteiger partial charge on any atom is 0.252 e. The largest absolute Gasteiger partial charge is 0.348 e. The molecule has 2 N–H and O–H groups in total. The molecule has 2 amide bonds. The van der Waals surface area contributed by atoms with E-state index in [4.69, 9.17) is 0 Å². The van der Waals surface area contributed by atoms with Gasteiger partial charge < -0.3 is 10.6 Å². The van der Waals surface area contributed by atoms with Crippen molar-refractivity contribution in [2.75, 3.05) is 5.32 Å². The van der Waals surface area contributed by atoms with E-state index in [1.54, 1.807) is 23.1 Å². The molecular weight excluding hydrogens is 402 g/mol. The topological polar surface area (TPSA) is 71.1 Å². The second-order valence-electron chi connectivity index (χ2n) is 6.79. The first-order chi connectivity index (χ1) is 14.0. The fourth-order valence-corrected chi connectivity index (χ4v) is 4.13. The van der Waals surface area contributed by atoms with E-state index in [2.05, 4.69) is 15.6 Å². The Morgan fingerprint density at radius 1 is 1.10 bits per heavy atom. The number of hydrogen-bond donors (Lipinski definition) is 2. The summed E-state index contributed by atoms with van der Waals surface area (Å²) in [5, 5.41) is 7.85. The first-order valence-electron chi connectivity index (χ1n) is 9.30. The lowest BCUT2D eigenvalue weighted by Crippen LogP contribution is -2.23. The summed E-state index contributed by atoms with van der Waals surface area (Å²) in [6.45, 7) is 4.13. The lowest BCUT2D eigenvalue weighted by molar-refractivity contribution is -0.118. The summed E-state index contributed by atoms with van der Waals surface area (Å²) < 4.78 is 0. The van der Waals surface area contributed by atoms with Gasteiger partial charge in [-0.2, -0.15) is 0 Å². The van der Waals surface area contributed by atoms with Gasteiger partial charge in [-0.15, -0.1) is 23.1 Å². The predicted octanol–water partition coefficient (Wildman–Crippen LogP) is 4.96. The van der Waals surface area contributed by atoms with Crippen molar-refractivity contribution in [1.82, 2.24) is 10.3 Å². The predicted molar refractivity (Wildman–Crippen MR) is 119 cm³/mol. The second-order valence-corrected chi connectivity index (χ2v) is 8.52. The minimum atomic E-state index is -0.108. The molecular formula is C22H23N3O2S2. The number of carbonyl (C=O) groups excluding carboxylic acids is 2. The maximum absolute atomic E-state index is 12.7. The summed E-state index contributed by atoms with van der Waals surface area (Å²) in [5.41, 5.74) is 5.21. The highest BCUT2D eigenvalue weighted by Crippen LogP contribution is 2.26. The number of thiazole rings is 1. The van der Waals surface area contributed by atoms with Gasteiger partial charge in [0.25, 0.3) is 5.91 Å². The summed E-state index contributed by atoms with van der Waals surface area (Å²) in [6, 6.07) is 15.1. The van der Waals surface area contributed by atoms with E-state index in [1.807, 2.05) is 73.3 Å². The molecule has 3 aromatic rings. The van der Waals surface area contributed by atoms with Crippen LogP contribution in [0.1, 0.15) is 35.5 Å². The number of anilines is 1. The molecule has 0 atom stereocenters. The molecule has 0 fully saturated rings. The number of hydrogen-bond acceptors (Lipinski definition) is 5. The van der Waals surface area contributed by atoms with E-state index in [1.165, 1.54) is 0 Å². The molecule has 1 heterocycles. The third kappa shape index (κ3) is 6.17. The number of nitrogens with one attached hydrogen (secondary N) is 2. The normalized spacial score (nSPS) is 10.7. The van der Waals surface area contributed by atoms with Gasteiger partial charge >= 0.3 is 0 Å². The fourth-order valence-electron chi connectivity index (χ4n) is 2.51. The zero-order chi connectivity index (χ0) is 20.6. The van der Waals surface area contributed by atoms with Crippen molar-refractivity contribution in [3.8, 4) is 0 Å². The Kier molecular flexibility index (Phi) is 7.43. The van der Waals surface area contributed by atoms with Crippen LogP contribution in [0.15, 0.2) is 64.3 Å². The van der Waals surface area contributed by atoms with Gasteiger partial charge in [-0.25, -0.2) is 4.98 Å². The standard InChI is InChI=1S/C22H23N3O2S2/c1-15(2)21(26)25-17-9-7-16(8-10-17)11-23-22(27)19-5-3-4-6-20(19)29-13-18-12-28-14-24-18/h3-10,12,14-15H,11,13H2,1-2H3,(H,23,27)(H,25,26). The highest BCUT2D eigenvalue weighted by Gasteiger charge is 2.12. The van der Waals surface area contributed by atoms with Crippen LogP contribution in [0.5, 0.6) is 0 Å². The third-order valence-electron chi connectivity index (χ3n) is 4.19. The van der Waals surface area contributed by atoms with Gasteiger partial charge in [0.2, 0.25) is 5.91 Å². The smallest absolute Gasteiger partial charge is 0.252 e. The first-order valence-corrected chi connectivity index (χ1v) is 11.2. The van der Waals surface area contributed by atoms with Crippen LogP contribution in [0.4, 0.5) is 5.69 Å². The summed E-state index contributed by atoms with van der Waals surface area (Å²) in [6.07, 6.45) is 0. The lowest BCUT2D eigenvalue weighted by Gasteiger charge is -2.11. The van der Waals surface area contributed by atoms with Crippen molar-refractivity contribution >= 4 is 40.6 Å². The van der Waals surface area contributed by atoms with E-state index >= 15 is 0 Å². The van der Waals surface area contributed by atoms with Crippen LogP contribution in [0.2, 0.25) is 0 Å². The summed E-state index contributed by atoms with van der Waals surface area (Å²) in [5.74, 6) is 0.543. The molecule has 2 aromatic carbocycles. The quantitative estimate of drug-likeness (QED) is 0.501. The summed E-state index contributed by atoms with van der Waals surface area (Å²) in [7, 11) is 0. The molecule has 0 unspecified atom stereocenters. The second kappa shape index (κ2) is 10.2. The van der Waals surface area contributed by atoms with Crippen molar-refractivity contribution in [3.63, 3.8) is 0 Å². The Bertz CT molecular complexity index is 954. The van der Waals surface area contributed by atoms with Crippen molar-refractivity contribution in [2.45, 2.75) is 31.0 Å². The number of aromatic nitrogens is 1. The number of carbonyl (C=O) groups is 2. The van der Waals surface area contributed by atoms with Crippen LogP contribution >= 0.6 is 23.1 Å². The average Bonchev–Trinajstić information content (AvgIpc) is 3.25. The zero-order valence-corrected chi connectivity index (χ0v) is 18.0. The highest BCUT2D eigenvalue weighted by atomic mass is 32.2. The van der Waals surface area contributed by atoms with E-state index in [-0.39, 0.29) is 17.7 Å². The molecule has 1 aromatic heterocycles. The van der Waals surface area contributed by atoms with Gasteiger partial charge in [0, 0.05) is 34.2 Å². The Morgan fingerprint density at radius 2 is 1.86 bits per heavy atom. The van der Waals surface area contributed by atoms with Crippen LogP contribution in [0.25, 0.3) is 0 Å². The average molecular weight is 426 g/mol. The number of rotatable bonds is 8. The minimum Gasteiger partial charge on any atom is -0.348 e. The third-order valence-corrected chi connectivity index (χ3v) is 5.93. The Labute approximate surface area is 179 Å². The number of benzene rings is 2. The highest BCUT2D eigenvalue weighted by molar-refractivity contribution is 7.98. The first kappa shape index (κ1) is 21.1. The fraction of sp³-hybridized carbons (Fsp3) is 0.227. The van der Waals surface area contributed by atoms with Gasteiger partial charge in [0.05, 0.1) is 16.8 Å². The number of thioether (sulfide) groups is 1. The van der Waals surface area contributed by atoms with E-state index in [9.17, 15) is 9.59 Å². The van der Waals surface area contributed by atoms with Crippen molar-refractivity contribution in [3.05, 3.63) is 76.2 Å². The van der Waals surface area contributed by atoms with Gasteiger partial charge in [-0.1, -0.05) is 38.1 Å². The van der Waals surface area contributed by atoms with Crippen LogP contribution in [-0.4, -0.2) is 16.8 Å². The van der Waals surface area contributed by atoms with Gasteiger partial charge in [0.1, 0.15) is 0 Å². The SMILES string of the molecule is CC(C)C(=O)Nc1ccc(CNC(=O)c2ccccc2SCc2cscn2)cc1. The number of amides is 2. The van der Waals surface area contributed by atoms with Crippen LogP contribution in [0, 0.1) is 5.92 Å². The molecule has 0 bridgehead atoms. The molecule has 150 valence electrons. The van der Waals surface area contributed by atoms with E-state index in [0.29, 0.717) is 12.1 Å². The van der Waals surface area contributed by atoms with Crippen LogP contribution in [0.3, 0.4) is 0 Å². The Morgan fingerprint density at radius 3 is 2.55 bits per heavy atom. The molecule has 3 rings (SSSR count). The monoisotopic (exact) mass is 425 g/mol. The lowest BCUT2D eigenvalue weighted by atomic mass is 10.1. The minimum absolute atomic E-state index is 0.0159. The Hall–Kier alpha value is -2.64. The van der Waals surface area contributed by atoms with Gasteiger partial charge in [-0.3, -0.25) is 9.59 Å². The van der Waals surface area contributed by atoms with Crippen molar-refractivity contribution in [1.29, 1.82) is 0 Å². The van der Waals surface area contributed by atoms with Gasteiger partial charge in [-0.05, 0) is 29.8 Å². The van der Waals surface area contributed by atoms with Crippen LogP contribution < -0.4 is 10.6 Å². The van der Waals surface area contributed by atoms with Crippen molar-refractivity contribution in [2.24, 2.45) is 5.92 Å². The molecule has 0 aliphatic carbocycles. The molecule has 0 saturated heterocycles. The zero-order valence-electron chi connectivity index (χ0n) is 16.3. The van der Waals surface area contributed by atoms with Crippen LogP contribution in [-0.2, 0) is 17.1 Å². The maximum atomic E-state index is 12.7. The van der Waals surface area contributed by atoms with E-state index in [0.717, 1.165) is 27.6 Å². The van der Waals surface area contributed by atoms with Gasteiger partial charge in [0.15, 0.2) is 0 Å². The molecule has 7 heteroatoms. The molecule has 0 aliphatic heterocycles. The molecule has 29 heavy (non-hydrogen) atoms. The van der Waals surface area contributed by atoms with Crippen molar-refractivity contribution < 1.29 is 9.59 Å². The molecule has 0 aliphatic rings. The number of nitrogens with zero attached hydrogens (tertiary/aromatic N) is 1. The molecule has 5 nitrogen and oxygen atoms in total. The summed E-state index contributed by atoms with van der Waals surface area (Å²) in [4.78, 5) is 29.7. The summed E-state index contributed by atoms with van der Waals surface area (Å²) >= 11 is 3.18. The molecule has 0 radical (unpaired) electrons. The molecule has 0 saturated carbocycles. The van der Waals surface area contributed by atoms with E-state index < -0.39 is 0 Å². The Balaban J connectivity index is 1.57. The molecule has 0 spiro atoms.